The molecule has 8 aromatic rings. The van der Waals surface area contributed by atoms with E-state index in [1.54, 1.807) is 0 Å². The van der Waals surface area contributed by atoms with Gasteiger partial charge < -0.3 is 9.71 Å². The van der Waals surface area contributed by atoms with E-state index in [0.29, 0.717) is 0 Å². The second-order valence-electron chi connectivity index (χ2n) is 19.8. The Hall–Kier alpha value is -6.32. The number of nitrogens with zero attached hydrogens (tertiary/aromatic N) is 2. The van der Waals surface area contributed by atoms with Gasteiger partial charge in [-0.15, -0.1) is 0 Å². The zero-order valence-corrected chi connectivity index (χ0v) is 36.1. The maximum Gasteiger partial charge on any atom is 0.333 e. The van der Waals surface area contributed by atoms with Crippen LogP contribution in [0, 0.1) is 0 Å². The molecule has 0 bridgehead atoms. The van der Waals surface area contributed by atoms with E-state index in [4.69, 9.17) is 0 Å². The van der Waals surface area contributed by atoms with Gasteiger partial charge in [0.25, 0.3) is 0 Å². The standard InChI is InChI=1S/C57H51BN2/c1-55(2,3)38-26-29-40(30-27-38)60-49-25-17-15-23-44(49)51-41-21-13-12-20-37(41)34-50-53(51)58(60)47-32-31-43-42-22-14-16-24-46(42)57(7,8)52(43)54(47)59(50)48-33-28-39(56(4,5)6)35-45(48)36-18-10-9-11-19-36/h9-35H,1-8H3. The molecule has 0 spiro atoms. The minimum Gasteiger partial charge on any atom is -0.376 e. The summed E-state index contributed by atoms with van der Waals surface area (Å²) in [5.74, 6) is 0. The van der Waals surface area contributed by atoms with E-state index < -0.39 is 0 Å². The quantitative estimate of drug-likeness (QED) is 0.165. The van der Waals surface area contributed by atoms with Gasteiger partial charge in [-0.25, -0.2) is 0 Å². The summed E-state index contributed by atoms with van der Waals surface area (Å²) in [6.45, 7) is 18.7. The molecule has 0 unspecified atom stereocenters. The highest BCUT2D eigenvalue weighted by Crippen LogP contribution is 2.57. The van der Waals surface area contributed by atoms with Crippen LogP contribution in [0.1, 0.15) is 77.6 Å². The Balaban J connectivity index is 1.31. The zero-order chi connectivity index (χ0) is 41.3. The first-order chi connectivity index (χ1) is 28.8. The van der Waals surface area contributed by atoms with Gasteiger partial charge in [-0.2, -0.15) is 0 Å². The van der Waals surface area contributed by atoms with Gasteiger partial charge >= 0.3 is 6.85 Å². The van der Waals surface area contributed by atoms with Crippen molar-refractivity contribution in [1.29, 1.82) is 0 Å². The fourth-order valence-electron chi connectivity index (χ4n) is 10.7. The number of benzene rings is 8. The molecule has 8 aromatic carbocycles. The third-order valence-electron chi connectivity index (χ3n) is 13.7. The van der Waals surface area contributed by atoms with Crippen molar-refractivity contribution in [2.24, 2.45) is 0 Å². The SMILES string of the molecule is CC(C)(C)c1ccc(N2B3c4ccc5c(c4N(c4ccc(C(C)(C)C)cc4-c4ccccc4)c4cc6ccccc6c(c43)-c3ccccc32)C(C)(C)c2ccccc2-5)cc1. The Morgan fingerprint density at radius 3 is 1.90 bits per heavy atom. The van der Waals surface area contributed by atoms with Crippen molar-refractivity contribution in [2.75, 3.05) is 9.71 Å². The van der Waals surface area contributed by atoms with Gasteiger partial charge in [0.2, 0.25) is 0 Å². The van der Waals surface area contributed by atoms with Crippen LogP contribution >= 0.6 is 0 Å². The maximum absolute atomic E-state index is 2.69. The first-order valence-electron chi connectivity index (χ1n) is 21.6. The average Bonchev–Trinajstić information content (AvgIpc) is 3.49. The first-order valence-corrected chi connectivity index (χ1v) is 21.6. The van der Waals surface area contributed by atoms with Gasteiger partial charge in [0.05, 0.1) is 5.69 Å². The number of para-hydroxylation sites is 1. The summed E-state index contributed by atoms with van der Waals surface area (Å²) < 4.78 is 0. The summed E-state index contributed by atoms with van der Waals surface area (Å²) in [5.41, 5.74) is 21.8. The van der Waals surface area contributed by atoms with Crippen LogP contribution < -0.4 is 20.6 Å². The third-order valence-corrected chi connectivity index (χ3v) is 13.7. The van der Waals surface area contributed by atoms with E-state index in [-0.39, 0.29) is 23.1 Å². The summed E-state index contributed by atoms with van der Waals surface area (Å²) in [7, 11) is 0. The van der Waals surface area contributed by atoms with Crippen LogP contribution in [0.2, 0.25) is 0 Å². The van der Waals surface area contributed by atoms with Crippen LogP contribution in [0.15, 0.2) is 164 Å². The van der Waals surface area contributed by atoms with E-state index in [0.717, 1.165) is 0 Å². The largest absolute Gasteiger partial charge is 0.376 e. The number of hydrogen-bond donors (Lipinski definition) is 0. The predicted octanol–water partition coefficient (Wildman–Crippen LogP) is 14.1. The van der Waals surface area contributed by atoms with Crippen molar-refractivity contribution in [3.05, 3.63) is 186 Å². The number of hydrogen-bond acceptors (Lipinski definition) is 2. The molecule has 0 saturated heterocycles. The van der Waals surface area contributed by atoms with E-state index in [9.17, 15) is 0 Å². The summed E-state index contributed by atoms with van der Waals surface area (Å²) in [6.07, 6.45) is 0. The van der Waals surface area contributed by atoms with Gasteiger partial charge in [-0.05, 0) is 113 Å². The molecule has 0 aromatic heterocycles. The van der Waals surface area contributed by atoms with E-state index >= 15 is 0 Å². The molecule has 60 heavy (non-hydrogen) atoms. The third kappa shape index (κ3) is 5.27. The monoisotopic (exact) mass is 774 g/mol. The molecule has 2 nitrogen and oxygen atoms in total. The smallest absolute Gasteiger partial charge is 0.333 e. The van der Waals surface area contributed by atoms with Crippen LogP contribution in [-0.4, -0.2) is 6.85 Å². The summed E-state index contributed by atoms with van der Waals surface area (Å²) >= 11 is 0. The van der Waals surface area contributed by atoms with Crippen molar-refractivity contribution >= 4 is 57.0 Å². The van der Waals surface area contributed by atoms with Gasteiger partial charge in [0, 0.05) is 39.3 Å². The fourth-order valence-corrected chi connectivity index (χ4v) is 10.7. The lowest BCUT2D eigenvalue weighted by atomic mass is 9.42. The highest BCUT2D eigenvalue weighted by molar-refractivity contribution is 6.94. The van der Waals surface area contributed by atoms with Gasteiger partial charge in [-0.3, -0.25) is 0 Å². The molecule has 2 heterocycles. The molecule has 11 rings (SSSR count). The van der Waals surface area contributed by atoms with Crippen LogP contribution in [-0.2, 0) is 16.2 Å². The molecule has 0 saturated carbocycles. The molecule has 0 N–H and O–H groups in total. The number of anilines is 5. The van der Waals surface area contributed by atoms with E-state index in [1.165, 1.54) is 106 Å². The molecule has 0 atom stereocenters. The Morgan fingerprint density at radius 1 is 0.500 bits per heavy atom. The second kappa shape index (κ2) is 12.8. The molecule has 292 valence electrons. The van der Waals surface area contributed by atoms with Gasteiger partial charge in [-0.1, -0.05) is 183 Å². The van der Waals surface area contributed by atoms with Crippen molar-refractivity contribution in [2.45, 2.75) is 71.6 Å². The molecule has 1 aliphatic carbocycles. The van der Waals surface area contributed by atoms with Crippen molar-refractivity contribution < 1.29 is 0 Å². The average molecular weight is 775 g/mol. The van der Waals surface area contributed by atoms with Crippen molar-refractivity contribution in [3.8, 4) is 33.4 Å². The molecular weight excluding hydrogens is 723 g/mol. The zero-order valence-electron chi connectivity index (χ0n) is 36.1. The van der Waals surface area contributed by atoms with Crippen molar-refractivity contribution in [1.82, 2.24) is 0 Å². The van der Waals surface area contributed by atoms with E-state index in [2.05, 4.69) is 229 Å². The summed E-state index contributed by atoms with van der Waals surface area (Å²) in [4.78, 5) is 5.34. The first kappa shape index (κ1) is 36.7. The molecule has 3 aliphatic rings. The van der Waals surface area contributed by atoms with Gasteiger partial charge in [0.1, 0.15) is 0 Å². The van der Waals surface area contributed by atoms with Crippen LogP contribution in [0.3, 0.4) is 0 Å². The van der Waals surface area contributed by atoms with Crippen LogP contribution in [0.5, 0.6) is 0 Å². The van der Waals surface area contributed by atoms with Gasteiger partial charge in [0.15, 0.2) is 0 Å². The molecule has 0 amide bonds. The van der Waals surface area contributed by atoms with E-state index in [1.807, 2.05) is 0 Å². The Kier molecular flexibility index (Phi) is 7.86. The van der Waals surface area contributed by atoms with Crippen molar-refractivity contribution in [3.63, 3.8) is 0 Å². The molecule has 3 heteroatoms. The molecule has 2 aliphatic heterocycles. The Morgan fingerprint density at radius 2 is 1.15 bits per heavy atom. The Bertz CT molecular complexity index is 3030. The normalized spacial score (nSPS) is 14.7. The highest BCUT2D eigenvalue weighted by Gasteiger charge is 2.50. The predicted molar refractivity (Wildman–Crippen MR) is 258 cm³/mol. The second-order valence-corrected chi connectivity index (χ2v) is 19.8. The maximum atomic E-state index is 2.69. The molecule has 0 radical (unpaired) electrons. The fraction of sp³-hybridized carbons (Fsp3) is 0.193. The lowest BCUT2D eigenvalue weighted by molar-refractivity contribution is 0.590. The Labute approximate surface area is 356 Å². The molecule has 0 fully saturated rings. The summed E-state index contributed by atoms with van der Waals surface area (Å²) in [5, 5.41) is 2.54. The minimum absolute atomic E-state index is 0.0211. The van der Waals surface area contributed by atoms with Crippen LogP contribution in [0.4, 0.5) is 28.4 Å². The lowest BCUT2D eigenvalue weighted by Gasteiger charge is -2.47. The lowest BCUT2D eigenvalue weighted by Crippen LogP contribution is -2.62. The summed E-state index contributed by atoms with van der Waals surface area (Å²) in [6, 6.07) is 62.4. The number of fused-ring (bicyclic) bond motifs is 10. The van der Waals surface area contributed by atoms with Crippen LogP contribution in [0.25, 0.3) is 44.2 Å². The topological polar surface area (TPSA) is 6.48 Å². The molecular formula is C57H51BN2. The number of rotatable bonds is 3. The highest BCUT2D eigenvalue weighted by atomic mass is 15.2. The minimum atomic E-state index is -0.253.